The molecule has 0 saturated heterocycles. The maximum Gasteiger partial charge on any atom is 0.330 e. The van der Waals surface area contributed by atoms with Crippen LogP contribution < -0.4 is 0 Å². The van der Waals surface area contributed by atoms with Crippen molar-refractivity contribution in [3.63, 3.8) is 0 Å². The summed E-state index contributed by atoms with van der Waals surface area (Å²) in [4.78, 5) is 24.4. The minimum atomic E-state index is -0.362. The van der Waals surface area contributed by atoms with Gasteiger partial charge in [0.2, 0.25) is 0 Å². The minimum absolute atomic E-state index is 0.221. The highest BCUT2D eigenvalue weighted by atomic mass is 16.5. The largest absolute Gasteiger partial charge is 0.462 e. The van der Waals surface area contributed by atoms with Gasteiger partial charge in [0.05, 0.1) is 13.2 Å². The summed E-state index contributed by atoms with van der Waals surface area (Å²) in [6, 6.07) is 15.9. The number of aryl methyl sites for hydroxylation is 2. The van der Waals surface area contributed by atoms with Gasteiger partial charge in [0.1, 0.15) is 0 Å². The van der Waals surface area contributed by atoms with Crippen LogP contribution in [0.2, 0.25) is 0 Å². The number of ether oxygens (including phenoxy) is 2. The predicted molar refractivity (Wildman–Crippen MR) is 139 cm³/mol. The van der Waals surface area contributed by atoms with Crippen molar-refractivity contribution in [1.82, 2.24) is 0 Å². The Labute approximate surface area is 204 Å². The van der Waals surface area contributed by atoms with Gasteiger partial charge in [-0.3, -0.25) is 0 Å². The average Bonchev–Trinajstić information content (AvgIpc) is 2.80. The van der Waals surface area contributed by atoms with Crippen LogP contribution in [0.3, 0.4) is 0 Å². The van der Waals surface area contributed by atoms with Crippen LogP contribution in [0.4, 0.5) is 0 Å². The van der Waals surface area contributed by atoms with Gasteiger partial charge in [-0.05, 0) is 55.4 Å². The smallest absolute Gasteiger partial charge is 0.330 e. The van der Waals surface area contributed by atoms with E-state index in [9.17, 15) is 9.59 Å². The molecule has 0 bridgehead atoms. The zero-order chi connectivity index (χ0) is 25.2. The van der Waals surface area contributed by atoms with Crippen LogP contribution in [0, 0.1) is 24.7 Å². The second-order valence-electron chi connectivity index (χ2n) is 10.2. The summed E-state index contributed by atoms with van der Waals surface area (Å²) in [5, 5.41) is 0. The third-order valence-electron chi connectivity index (χ3n) is 5.91. The molecule has 2 rings (SSSR count). The highest BCUT2D eigenvalue weighted by molar-refractivity contribution is 5.87. The molecule has 0 N–H and O–H groups in total. The van der Waals surface area contributed by atoms with Crippen LogP contribution in [0.25, 0.3) is 12.2 Å². The van der Waals surface area contributed by atoms with Gasteiger partial charge in [-0.15, -0.1) is 0 Å². The Morgan fingerprint density at radius 1 is 0.735 bits per heavy atom. The van der Waals surface area contributed by atoms with E-state index in [0.717, 1.165) is 24.0 Å². The van der Waals surface area contributed by atoms with E-state index in [-0.39, 0.29) is 22.8 Å². The molecule has 0 fully saturated rings. The molecule has 0 aliphatic rings. The van der Waals surface area contributed by atoms with Gasteiger partial charge >= 0.3 is 11.9 Å². The van der Waals surface area contributed by atoms with E-state index in [1.54, 1.807) is 12.2 Å². The Morgan fingerprint density at radius 2 is 1.15 bits per heavy atom. The van der Waals surface area contributed by atoms with Crippen molar-refractivity contribution in [3.05, 3.63) is 82.9 Å². The Balaban J connectivity index is 1.84. The second-order valence-corrected chi connectivity index (χ2v) is 10.2. The molecule has 0 saturated carbocycles. The topological polar surface area (TPSA) is 52.6 Å². The van der Waals surface area contributed by atoms with Crippen molar-refractivity contribution in [2.24, 2.45) is 10.8 Å². The lowest BCUT2D eigenvalue weighted by molar-refractivity contribution is -0.143. The molecule has 182 valence electrons. The molecule has 1 atom stereocenters. The van der Waals surface area contributed by atoms with Gasteiger partial charge in [-0.25, -0.2) is 9.59 Å². The molecular formula is C30H38O4. The number of rotatable bonds is 11. The number of carbonyl (C=O) groups is 2. The lowest BCUT2D eigenvalue weighted by atomic mass is 9.73. The van der Waals surface area contributed by atoms with Crippen LogP contribution in [-0.2, 0) is 19.1 Å². The Hall–Kier alpha value is -3.14. The van der Waals surface area contributed by atoms with Crippen LogP contribution in [0.15, 0.2) is 60.7 Å². The maximum absolute atomic E-state index is 12.2. The third kappa shape index (κ3) is 9.78. The fourth-order valence-corrected chi connectivity index (χ4v) is 3.78. The molecule has 34 heavy (non-hydrogen) atoms. The number of esters is 2. The normalized spacial score (nSPS) is 13.7. The number of benzene rings is 2. The van der Waals surface area contributed by atoms with Crippen molar-refractivity contribution >= 4 is 24.1 Å². The fourth-order valence-electron chi connectivity index (χ4n) is 3.78. The van der Waals surface area contributed by atoms with Gasteiger partial charge < -0.3 is 9.47 Å². The van der Waals surface area contributed by atoms with Gasteiger partial charge in [0.25, 0.3) is 0 Å². The fraction of sp³-hybridized carbons (Fsp3) is 0.400. The first-order valence-corrected chi connectivity index (χ1v) is 11.8. The summed E-state index contributed by atoms with van der Waals surface area (Å²) in [5.74, 6) is -0.717. The van der Waals surface area contributed by atoms with Gasteiger partial charge in [0, 0.05) is 17.6 Å². The van der Waals surface area contributed by atoms with Crippen LogP contribution in [-0.4, -0.2) is 25.2 Å². The van der Waals surface area contributed by atoms with Gasteiger partial charge in [-0.1, -0.05) is 87.4 Å². The molecule has 0 amide bonds. The van der Waals surface area contributed by atoms with E-state index >= 15 is 0 Å². The lowest BCUT2D eigenvalue weighted by Crippen LogP contribution is -2.33. The van der Waals surface area contributed by atoms with Crippen molar-refractivity contribution in [3.8, 4) is 0 Å². The summed E-state index contributed by atoms with van der Waals surface area (Å²) in [7, 11) is 0. The van der Waals surface area contributed by atoms with E-state index in [4.69, 9.17) is 9.47 Å². The van der Waals surface area contributed by atoms with E-state index in [1.807, 2.05) is 62.4 Å². The lowest BCUT2D eigenvalue weighted by Gasteiger charge is -2.36. The predicted octanol–water partition coefficient (Wildman–Crippen LogP) is 6.95. The highest BCUT2D eigenvalue weighted by Gasteiger charge is 2.33. The van der Waals surface area contributed by atoms with E-state index in [2.05, 4.69) is 27.7 Å². The second kappa shape index (κ2) is 12.4. The van der Waals surface area contributed by atoms with E-state index in [1.165, 1.54) is 23.3 Å². The van der Waals surface area contributed by atoms with E-state index < -0.39 is 0 Å². The molecule has 4 heteroatoms. The Morgan fingerprint density at radius 3 is 1.56 bits per heavy atom. The summed E-state index contributed by atoms with van der Waals surface area (Å²) < 4.78 is 11.1. The van der Waals surface area contributed by atoms with Crippen LogP contribution >= 0.6 is 0 Å². The van der Waals surface area contributed by atoms with Crippen molar-refractivity contribution in [2.45, 2.75) is 54.4 Å². The summed E-state index contributed by atoms with van der Waals surface area (Å²) in [6.07, 6.45) is 8.04. The average molecular weight is 463 g/mol. The quantitative estimate of drug-likeness (QED) is 0.268. The molecule has 0 aliphatic heterocycles. The van der Waals surface area contributed by atoms with Gasteiger partial charge in [-0.2, -0.15) is 0 Å². The number of carbonyl (C=O) groups excluding carboxylic acids is 2. The molecule has 2 aromatic rings. The first-order chi connectivity index (χ1) is 16.0. The Bertz CT molecular complexity index is 997. The molecule has 0 aliphatic carbocycles. The van der Waals surface area contributed by atoms with Crippen molar-refractivity contribution < 1.29 is 19.1 Å². The van der Waals surface area contributed by atoms with Crippen molar-refractivity contribution in [2.75, 3.05) is 13.2 Å². The first kappa shape index (κ1) is 27.1. The minimum Gasteiger partial charge on any atom is -0.462 e. The maximum atomic E-state index is 12.2. The third-order valence-corrected chi connectivity index (χ3v) is 5.91. The zero-order valence-electron chi connectivity index (χ0n) is 21.4. The highest BCUT2D eigenvalue weighted by Crippen LogP contribution is 2.37. The zero-order valence-corrected chi connectivity index (χ0v) is 21.4. The van der Waals surface area contributed by atoms with Gasteiger partial charge in [0.15, 0.2) is 0 Å². The number of hydrogen-bond acceptors (Lipinski definition) is 4. The molecule has 2 aromatic carbocycles. The summed E-state index contributed by atoms with van der Waals surface area (Å²) in [5.41, 5.74) is 3.78. The molecule has 0 heterocycles. The standard InChI is InChI=1S/C30H38O4/c1-7-30(6,22-34-28(32)19-17-26-14-10-24(3)11-15-26)20-29(4,5)21-33-27(31)18-16-25-12-8-23(2)9-13-25/h8-19H,7,20-22H2,1-6H3/b18-16+,19-17+. The molecule has 0 radical (unpaired) electrons. The molecule has 0 aromatic heterocycles. The SMILES string of the molecule is CCC(C)(COC(=O)/C=C/c1ccc(C)cc1)CC(C)(C)COC(=O)/C=C/c1ccc(C)cc1. The van der Waals surface area contributed by atoms with Crippen molar-refractivity contribution in [1.29, 1.82) is 0 Å². The summed E-state index contributed by atoms with van der Waals surface area (Å²) >= 11 is 0. The van der Waals surface area contributed by atoms with E-state index in [0.29, 0.717) is 13.2 Å². The molecule has 4 nitrogen and oxygen atoms in total. The summed E-state index contributed by atoms with van der Waals surface area (Å²) in [6.45, 7) is 13.0. The Kier molecular flexibility index (Phi) is 9.85. The molecular weight excluding hydrogens is 424 g/mol. The molecule has 1 unspecified atom stereocenters. The monoisotopic (exact) mass is 462 g/mol. The first-order valence-electron chi connectivity index (χ1n) is 11.8. The van der Waals surface area contributed by atoms with Crippen LogP contribution in [0.5, 0.6) is 0 Å². The number of hydrogen-bond donors (Lipinski definition) is 0. The van der Waals surface area contributed by atoms with Crippen LogP contribution in [0.1, 0.15) is 62.8 Å². The molecule has 0 spiro atoms.